The number of fused-ring (bicyclic) bond motifs is 2. The van der Waals surface area contributed by atoms with E-state index in [9.17, 15) is 0 Å². The van der Waals surface area contributed by atoms with Gasteiger partial charge in [-0.15, -0.1) is 11.8 Å². The predicted molar refractivity (Wildman–Crippen MR) is 84.3 cm³/mol. The third-order valence-corrected chi connectivity index (χ3v) is 5.22. The van der Waals surface area contributed by atoms with Gasteiger partial charge in [0.25, 0.3) is 0 Å². The van der Waals surface area contributed by atoms with Gasteiger partial charge in [-0.05, 0) is 49.1 Å². The van der Waals surface area contributed by atoms with Crippen molar-refractivity contribution in [3.05, 3.63) is 58.9 Å². The van der Waals surface area contributed by atoms with E-state index in [1.54, 1.807) is 0 Å². The van der Waals surface area contributed by atoms with Crippen molar-refractivity contribution >= 4 is 22.8 Å². The summed E-state index contributed by atoms with van der Waals surface area (Å²) < 4.78 is 0. The van der Waals surface area contributed by atoms with Crippen molar-refractivity contribution in [1.29, 1.82) is 0 Å². The fourth-order valence-corrected chi connectivity index (χ4v) is 4.23. The monoisotopic (exact) mass is 280 g/mol. The summed E-state index contributed by atoms with van der Waals surface area (Å²) in [6.45, 7) is 4.27. The predicted octanol–water partition coefficient (Wildman–Crippen LogP) is 4.57. The van der Waals surface area contributed by atoms with E-state index in [0.29, 0.717) is 5.25 Å². The van der Waals surface area contributed by atoms with Crippen LogP contribution in [0, 0.1) is 13.8 Å². The van der Waals surface area contributed by atoms with Crippen LogP contribution in [0.2, 0.25) is 0 Å². The van der Waals surface area contributed by atoms with E-state index >= 15 is 0 Å². The lowest BCUT2D eigenvalue weighted by atomic mass is 10.1. The van der Waals surface area contributed by atoms with Crippen LogP contribution in [0.15, 0.2) is 41.3 Å². The zero-order chi connectivity index (χ0) is 13.7. The number of benzene rings is 2. The summed E-state index contributed by atoms with van der Waals surface area (Å²) in [5.41, 5.74) is 6.25. The fraction of sp³-hybridized carbons (Fsp3) is 0.235. The first-order valence-electron chi connectivity index (χ1n) is 6.92. The van der Waals surface area contributed by atoms with Crippen LogP contribution >= 0.6 is 11.8 Å². The molecule has 0 saturated heterocycles. The second-order valence-electron chi connectivity index (χ2n) is 5.52. The third-order valence-electron chi connectivity index (χ3n) is 3.89. The minimum Gasteiger partial charge on any atom is -0.341 e. The molecule has 2 heterocycles. The summed E-state index contributed by atoms with van der Waals surface area (Å²) >= 11 is 1.92. The molecule has 1 N–H and O–H groups in total. The molecular weight excluding hydrogens is 264 g/mol. The zero-order valence-corrected chi connectivity index (χ0v) is 12.4. The molecule has 4 rings (SSSR count). The molecule has 2 nitrogen and oxygen atoms in total. The largest absolute Gasteiger partial charge is 0.341 e. The molecule has 1 aliphatic heterocycles. The van der Waals surface area contributed by atoms with Gasteiger partial charge in [0.15, 0.2) is 0 Å². The lowest BCUT2D eigenvalue weighted by Crippen LogP contribution is -1.94. The lowest BCUT2D eigenvalue weighted by molar-refractivity contribution is 0.881. The molecule has 100 valence electrons. The van der Waals surface area contributed by atoms with Crippen molar-refractivity contribution < 1.29 is 0 Å². The number of rotatable bonds is 1. The minimum atomic E-state index is 0.416. The molecule has 20 heavy (non-hydrogen) atoms. The molecule has 3 heteroatoms. The maximum Gasteiger partial charge on any atom is 0.121 e. The van der Waals surface area contributed by atoms with Gasteiger partial charge in [-0.2, -0.15) is 0 Å². The number of thioether (sulfide) groups is 1. The first-order chi connectivity index (χ1) is 9.70. The Morgan fingerprint density at radius 2 is 2.05 bits per heavy atom. The van der Waals surface area contributed by atoms with Crippen molar-refractivity contribution in [3.8, 4) is 0 Å². The highest BCUT2D eigenvalue weighted by atomic mass is 32.2. The fourth-order valence-electron chi connectivity index (χ4n) is 2.98. The summed E-state index contributed by atoms with van der Waals surface area (Å²) in [5, 5.41) is 0.416. The van der Waals surface area contributed by atoms with Gasteiger partial charge in [-0.3, -0.25) is 0 Å². The van der Waals surface area contributed by atoms with Gasteiger partial charge in [-0.1, -0.05) is 24.3 Å². The normalized spacial score (nSPS) is 17.6. The van der Waals surface area contributed by atoms with Crippen LogP contribution in [-0.4, -0.2) is 9.97 Å². The number of nitrogens with zero attached hydrogens (tertiary/aromatic N) is 1. The molecule has 0 fully saturated rings. The topological polar surface area (TPSA) is 28.7 Å². The molecule has 1 aromatic heterocycles. The number of imidazole rings is 1. The molecule has 1 unspecified atom stereocenters. The van der Waals surface area contributed by atoms with Crippen LogP contribution in [0.5, 0.6) is 0 Å². The van der Waals surface area contributed by atoms with Gasteiger partial charge in [-0.25, -0.2) is 4.98 Å². The first kappa shape index (κ1) is 12.0. The van der Waals surface area contributed by atoms with Gasteiger partial charge in [0.05, 0.1) is 16.3 Å². The van der Waals surface area contributed by atoms with Gasteiger partial charge in [0.1, 0.15) is 5.82 Å². The maximum atomic E-state index is 4.84. The van der Waals surface area contributed by atoms with E-state index in [2.05, 4.69) is 55.2 Å². The number of H-pyrrole nitrogens is 1. The average molecular weight is 280 g/mol. The Balaban J connectivity index is 1.76. The van der Waals surface area contributed by atoms with E-state index in [1.807, 2.05) is 11.8 Å². The highest BCUT2D eigenvalue weighted by Gasteiger charge is 2.26. The summed E-state index contributed by atoms with van der Waals surface area (Å²) in [4.78, 5) is 9.76. The molecule has 3 aromatic rings. The maximum absolute atomic E-state index is 4.84. The number of aromatic nitrogens is 2. The molecule has 1 atom stereocenters. The van der Waals surface area contributed by atoms with E-state index in [4.69, 9.17) is 4.98 Å². The minimum absolute atomic E-state index is 0.416. The Morgan fingerprint density at radius 3 is 2.90 bits per heavy atom. The summed E-state index contributed by atoms with van der Waals surface area (Å²) in [7, 11) is 0. The Hall–Kier alpha value is -1.74. The molecule has 0 spiro atoms. The molecule has 0 bridgehead atoms. The van der Waals surface area contributed by atoms with Gasteiger partial charge >= 0.3 is 0 Å². The molecule has 0 amide bonds. The van der Waals surface area contributed by atoms with Crippen molar-refractivity contribution in [1.82, 2.24) is 9.97 Å². The molecule has 0 aliphatic carbocycles. The van der Waals surface area contributed by atoms with Crippen molar-refractivity contribution in [2.45, 2.75) is 30.4 Å². The molecule has 0 radical (unpaired) electrons. The standard InChI is InChI=1S/C17H16N2S/c1-10-7-11(2)16-13(8-10)18-17(19-16)15-9-12-5-3-4-6-14(12)20-15/h3-8,15H,9H2,1-2H3,(H,18,19). The second kappa shape index (κ2) is 4.38. The van der Waals surface area contributed by atoms with Crippen LogP contribution < -0.4 is 0 Å². The third kappa shape index (κ3) is 1.85. The lowest BCUT2D eigenvalue weighted by Gasteiger charge is -2.02. The second-order valence-corrected chi connectivity index (χ2v) is 6.76. The van der Waals surface area contributed by atoms with E-state index in [-0.39, 0.29) is 0 Å². The quantitative estimate of drug-likeness (QED) is 0.707. The number of aryl methyl sites for hydroxylation is 2. The number of hydrogen-bond donors (Lipinski definition) is 1. The zero-order valence-electron chi connectivity index (χ0n) is 11.6. The van der Waals surface area contributed by atoms with Crippen molar-refractivity contribution in [3.63, 3.8) is 0 Å². The van der Waals surface area contributed by atoms with Gasteiger partial charge in [0, 0.05) is 4.90 Å². The average Bonchev–Trinajstić information content (AvgIpc) is 3.01. The number of hydrogen-bond acceptors (Lipinski definition) is 2. The van der Waals surface area contributed by atoms with Gasteiger partial charge < -0.3 is 4.98 Å². The summed E-state index contributed by atoms with van der Waals surface area (Å²) in [5.74, 6) is 1.11. The Morgan fingerprint density at radius 1 is 1.20 bits per heavy atom. The Labute approximate surface area is 122 Å². The highest BCUT2D eigenvalue weighted by Crippen LogP contribution is 2.45. The number of nitrogens with one attached hydrogen (secondary N) is 1. The Kier molecular flexibility index (Phi) is 2.64. The SMILES string of the molecule is Cc1cc(C)c2nc(C3Cc4ccccc4S3)[nH]c2c1. The molecular formula is C17H16N2S. The summed E-state index contributed by atoms with van der Waals surface area (Å²) in [6.07, 6.45) is 1.07. The highest BCUT2D eigenvalue weighted by molar-refractivity contribution is 7.99. The van der Waals surface area contributed by atoms with Crippen molar-refractivity contribution in [2.24, 2.45) is 0 Å². The van der Waals surface area contributed by atoms with Crippen molar-refractivity contribution in [2.75, 3.05) is 0 Å². The van der Waals surface area contributed by atoms with E-state index in [0.717, 1.165) is 23.3 Å². The van der Waals surface area contributed by atoms with Crippen LogP contribution in [0.25, 0.3) is 11.0 Å². The molecule has 1 aliphatic rings. The smallest absolute Gasteiger partial charge is 0.121 e. The first-order valence-corrected chi connectivity index (χ1v) is 7.80. The van der Waals surface area contributed by atoms with E-state index in [1.165, 1.54) is 21.6 Å². The van der Waals surface area contributed by atoms with E-state index < -0.39 is 0 Å². The van der Waals surface area contributed by atoms with Crippen LogP contribution in [0.3, 0.4) is 0 Å². The van der Waals surface area contributed by atoms with Gasteiger partial charge in [0.2, 0.25) is 0 Å². The summed E-state index contributed by atoms with van der Waals surface area (Å²) in [6, 6.07) is 13.0. The molecule has 2 aromatic carbocycles. The Bertz CT molecular complexity index is 779. The number of aromatic amines is 1. The van der Waals surface area contributed by atoms with Crippen LogP contribution in [0.4, 0.5) is 0 Å². The van der Waals surface area contributed by atoms with Crippen LogP contribution in [0.1, 0.15) is 27.8 Å². The molecule has 0 saturated carbocycles. The van der Waals surface area contributed by atoms with Crippen LogP contribution in [-0.2, 0) is 6.42 Å².